The van der Waals surface area contributed by atoms with Gasteiger partial charge < -0.3 is 14.2 Å². The van der Waals surface area contributed by atoms with E-state index in [0.717, 1.165) is 27.6 Å². The van der Waals surface area contributed by atoms with E-state index in [1.165, 1.54) is 78.2 Å². The van der Waals surface area contributed by atoms with E-state index in [-0.39, 0.29) is 12.1 Å². The highest BCUT2D eigenvalue weighted by Gasteiger charge is 2.43. The Morgan fingerprint density at radius 3 is 1.80 bits per heavy atom. The van der Waals surface area contributed by atoms with Gasteiger partial charge in [-0.2, -0.15) is 0 Å². The van der Waals surface area contributed by atoms with Crippen LogP contribution in [0.2, 0.25) is 0 Å². The molecule has 0 bridgehead atoms. The van der Waals surface area contributed by atoms with E-state index in [9.17, 15) is 0 Å². The molecule has 3 heterocycles. The second-order valence-electron chi connectivity index (χ2n) is 15.7. The lowest BCUT2D eigenvalue weighted by atomic mass is 9.33. The summed E-state index contributed by atoms with van der Waals surface area (Å²) >= 11 is 0. The van der Waals surface area contributed by atoms with E-state index < -0.39 is 0 Å². The minimum atomic E-state index is -0.0874. The highest BCUT2D eigenvalue weighted by Crippen LogP contribution is 2.51. The number of para-hydroxylation sites is 3. The molecule has 4 heteroatoms. The maximum Gasteiger partial charge on any atom is 0.252 e. The molecule has 0 amide bonds. The number of fused-ring (bicyclic) bond motifs is 10. The fourth-order valence-electron chi connectivity index (χ4n) is 9.93. The predicted octanol–water partition coefficient (Wildman–Crippen LogP) is 11.6. The third kappa shape index (κ3) is 4.22. The third-order valence-electron chi connectivity index (χ3n) is 12.5. The molecular formula is C51H35BN2O. The van der Waals surface area contributed by atoms with Crippen molar-refractivity contribution in [3.05, 3.63) is 187 Å². The van der Waals surface area contributed by atoms with Crippen LogP contribution in [0.3, 0.4) is 0 Å². The van der Waals surface area contributed by atoms with E-state index in [0.29, 0.717) is 0 Å². The number of rotatable bonds is 3. The lowest BCUT2D eigenvalue weighted by Crippen LogP contribution is -2.61. The van der Waals surface area contributed by atoms with Gasteiger partial charge in [-0.05, 0) is 116 Å². The highest BCUT2D eigenvalue weighted by atomic mass is 16.3. The molecular weight excluding hydrogens is 667 g/mol. The first-order valence-corrected chi connectivity index (χ1v) is 19.2. The van der Waals surface area contributed by atoms with Gasteiger partial charge in [0.2, 0.25) is 0 Å². The van der Waals surface area contributed by atoms with Gasteiger partial charge in [-0.25, -0.2) is 0 Å². The van der Waals surface area contributed by atoms with Crippen LogP contribution in [0, 0.1) is 0 Å². The molecule has 1 aromatic heterocycles. The zero-order chi connectivity index (χ0) is 36.4. The first-order chi connectivity index (χ1) is 27.0. The van der Waals surface area contributed by atoms with Gasteiger partial charge in [-0.1, -0.05) is 123 Å². The molecule has 258 valence electrons. The number of hydrogen-bond acceptors (Lipinski definition) is 3. The number of anilines is 6. The summed E-state index contributed by atoms with van der Waals surface area (Å²) in [5.41, 5.74) is 20.8. The Labute approximate surface area is 320 Å². The van der Waals surface area contributed by atoms with E-state index in [4.69, 9.17) is 4.42 Å². The quantitative estimate of drug-likeness (QED) is 0.171. The monoisotopic (exact) mass is 702 g/mol. The lowest BCUT2D eigenvalue weighted by Gasteiger charge is -2.44. The zero-order valence-electron chi connectivity index (χ0n) is 30.6. The van der Waals surface area contributed by atoms with Crippen molar-refractivity contribution in [3.8, 4) is 22.3 Å². The summed E-state index contributed by atoms with van der Waals surface area (Å²) in [5, 5.41) is 2.29. The predicted molar refractivity (Wildman–Crippen MR) is 231 cm³/mol. The average molecular weight is 703 g/mol. The molecule has 8 aromatic carbocycles. The van der Waals surface area contributed by atoms with Crippen LogP contribution in [0.1, 0.15) is 25.0 Å². The van der Waals surface area contributed by atoms with Gasteiger partial charge >= 0.3 is 0 Å². The summed E-state index contributed by atoms with van der Waals surface area (Å²) in [6.07, 6.45) is 0. The van der Waals surface area contributed by atoms with Crippen molar-refractivity contribution in [2.45, 2.75) is 19.3 Å². The standard InChI is InChI=1S/C51H35BN2O/c1-51(2)40-14-5-3-12-36(40)37-28-27-35(31-41(37)51)54-45-18-9-7-16-43(45)52-42-15-6-8-17-44(42)53(46-19-11-20-47(54)50(46)52)34-25-22-32(23-26-34)33-24-29-49-39(30-33)38-13-4-10-21-48(38)55-49/h3-31H,1-2H3. The molecule has 0 spiro atoms. The maximum atomic E-state index is 6.13. The number of benzene rings is 8. The Kier molecular flexibility index (Phi) is 6.20. The summed E-state index contributed by atoms with van der Waals surface area (Å²) in [6.45, 7) is 4.84. The molecule has 9 aromatic rings. The Bertz CT molecular complexity index is 3050. The van der Waals surface area contributed by atoms with Gasteiger partial charge in [-0.15, -0.1) is 0 Å². The SMILES string of the molecule is CC1(C)c2ccccc2-c2ccc(N3c4ccccc4B4c5ccccc5N(c5ccc(-c6ccc7oc8ccccc8c7c6)cc5)c5cccc3c54)cc21. The van der Waals surface area contributed by atoms with Crippen LogP contribution in [0.25, 0.3) is 44.2 Å². The first-order valence-electron chi connectivity index (χ1n) is 19.2. The van der Waals surface area contributed by atoms with Crippen molar-refractivity contribution >= 4 is 79.2 Å². The molecule has 1 aliphatic carbocycles. The topological polar surface area (TPSA) is 19.6 Å². The molecule has 0 fully saturated rings. The molecule has 3 aliphatic rings. The molecule has 0 N–H and O–H groups in total. The van der Waals surface area contributed by atoms with E-state index >= 15 is 0 Å². The van der Waals surface area contributed by atoms with Crippen LogP contribution < -0.4 is 26.2 Å². The fraction of sp³-hybridized carbons (Fsp3) is 0.0588. The lowest BCUT2D eigenvalue weighted by molar-refractivity contribution is 0.660. The Hall–Kier alpha value is -6.78. The fourth-order valence-corrected chi connectivity index (χ4v) is 9.93. The summed E-state index contributed by atoms with van der Waals surface area (Å²) in [5.74, 6) is 0. The summed E-state index contributed by atoms with van der Waals surface area (Å²) < 4.78 is 6.13. The van der Waals surface area contributed by atoms with Crippen molar-refractivity contribution in [2.24, 2.45) is 0 Å². The maximum absolute atomic E-state index is 6.13. The minimum absolute atomic E-state index is 0.0874. The summed E-state index contributed by atoms with van der Waals surface area (Å²) in [6, 6.07) is 64.7. The second kappa shape index (κ2) is 11.1. The number of furan rings is 1. The van der Waals surface area contributed by atoms with Crippen LogP contribution in [0.5, 0.6) is 0 Å². The normalized spacial score (nSPS) is 14.4. The molecule has 0 atom stereocenters. The van der Waals surface area contributed by atoms with Gasteiger partial charge in [0.25, 0.3) is 6.71 Å². The van der Waals surface area contributed by atoms with E-state index in [2.05, 4.69) is 187 Å². The van der Waals surface area contributed by atoms with Gasteiger partial charge in [0.1, 0.15) is 11.2 Å². The Balaban J connectivity index is 1.01. The van der Waals surface area contributed by atoms with Crippen molar-refractivity contribution in [2.75, 3.05) is 9.80 Å². The third-order valence-corrected chi connectivity index (χ3v) is 12.5. The van der Waals surface area contributed by atoms with Crippen LogP contribution in [-0.4, -0.2) is 6.71 Å². The number of hydrogen-bond donors (Lipinski definition) is 0. The van der Waals surface area contributed by atoms with Gasteiger partial charge in [0, 0.05) is 50.3 Å². The minimum Gasteiger partial charge on any atom is -0.456 e. The van der Waals surface area contributed by atoms with E-state index in [1.54, 1.807) is 0 Å². The Morgan fingerprint density at radius 1 is 0.436 bits per heavy atom. The second-order valence-corrected chi connectivity index (χ2v) is 15.7. The van der Waals surface area contributed by atoms with Crippen molar-refractivity contribution in [1.29, 1.82) is 0 Å². The van der Waals surface area contributed by atoms with Crippen molar-refractivity contribution in [3.63, 3.8) is 0 Å². The smallest absolute Gasteiger partial charge is 0.252 e. The summed E-state index contributed by atoms with van der Waals surface area (Å²) in [4.78, 5) is 4.98. The molecule has 0 unspecified atom stereocenters. The Morgan fingerprint density at radius 2 is 1.02 bits per heavy atom. The van der Waals surface area contributed by atoms with Gasteiger partial charge in [0.15, 0.2) is 0 Å². The largest absolute Gasteiger partial charge is 0.456 e. The first kappa shape index (κ1) is 30.7. The van der Waals surface area contributed by atoms with Crippen LogP contribution in [-0.2, 0) is 5.41 Å². The molecule has 55 heavy (non-hydrogen) atoms. The molecule has 12 rings (SSSR count). The van der Waals surface area contributed by atoms with Crippen LogP contribution in [0.15, 0.2) is 180 Å². The summed E-state index contributed by atoms with van der Waals surface area (Å²) in [7, 11) is 0. The van der Waals surface area contributed by atoms with Crippen LogP contribution >= 0.6 is 0 Å². The van der Waals surface area contributed by atoms with E-state index in [1.807, 2.05) is 12.1 Å². The zero-order valence-corrected chi connectivity index (χ0v) is 30.6. The average Bonchev–Trinajstić information content (AvgIpc) is 3.72. The number of nitrogens with zero attached hydrogens (tertiary/aromatic N) is 2. The van der Waals surface area contributed by atoms with Crippen LogP contribution in [0.4, 0.5) is 34.1 Å². The molecule has 3 nitrogen and oxygen atoms in total. The van der Waals surface area contributed by atoms with Gasteiger partial charge in [-0.3, -0.25) is 0 Å². The molecule has 0 radical (unpaired) electrons. The molecule has 2 aliphatic heterocycles. The molecule has 0 saturated heterocycles. The highest BCUT2D eigenvalue weighted by molar-refractivity contribution is 7.00. The molecule has 0 saturated carbocycles. The van der Waals surface area contributed by atoms with Gasteiger partial charge in [0.05, 0.1) is 0 Å². The van der Waals surface area contributed by atoms with Crippen molar-refractivity contribution in [1.82, 2.24) is 0 Å². The van der Waals surface area contributed by atoms with Crippen molar-refractivity contribution < 1.29 is 4.42 Å².